The molecule has 2 amide bonds. The number of piperazine rings is 1. The lowest BCUT2D eigenvalue weighted by Crippen LogP contribution is -2.48. The van der Waals surface area contributed by atoms with Crippen LogP contribution in [0.4, 0.5) is 5.69 Å². The molecule has 1 aliphatic rings. The Morgan fingerprint density at radius 1 is 0.862 bits per heavy atom. The summed E-state index contributed by atoms with van der Waals surface area (Å²) in [5, 5.41) is 4.79. The van der Waals surface area contributed by atoms with Crippen LogP contribution in [0.3, 0.4) is 0 Å². The third-order valence-corrected chi connectivity index (χ3v) is 5.96. The van der Waals surface area contributed by atoms with Gasteiger partial charge in [-0.25, -0.2) is 0 Å². The van der Waals surface area contributed by atoms with Crippen molar-refractivity contribution in [2.45, 2.75) is 6.54 Å². The van der Waals surface area contributed by atoms with Gasteiger partial charge in [0.05, 0.1) is 4.88 Å². The summed E-state index contributed by atoms with van der Waals surface area (Å²) in [6.45, 7) is 3.55. The zero-order valence-electron chi connectivity index (χ0n) is 16.1. The fourth-order valence-electron chi connectivity index (χ4n) is 3.43. The molecular weight excluding hydrogens is 382 g/mol. The molecule has 0 bridgehead atoms. The third kappa shape index (κ3) is 4.66. The van der Waals surface area contributed by atoms with Crippen LogP contribution in [0.2, 0.25) is 0 Å². The van der Waals surface area contributed by atoms with E-state index in [1.54, 1.807) is 6.07 Å². The highest BCUT2D eigenvalue weighted by Crippen LogP contribution is 2.17. The standard InChI is InChI=1S/C23H23N3O2S/c27-22(21-7-4-16-29-21)24-17-18-8-10-19(11-9-18)23(28)26-14-12-25(13-15-26)20-5-2-1-3-6-20/h1-11,16H,12-15,17H2,(H,24,27). The lowest BCUT2D eigenvalue weighted by atomic mass is 10.1. The van der Waals surface area contributed by atoms with Gasteiger partial charge in [0.25, 0.3) is 11.8 Å². The van der Waals surface area contributed by atoms with Crippen molar-refractivity contribution in [3.8, 4) is 0 Å². The number of hydrogen-bond donors (Lipinski definition) is 1. The predicted octanol–water partition coefficient (Wildman–Crippen LogP) is 3.64. The average molecular weight is 406 g/mol. The molecule has 148 valence electrons. The summed E-state index contributed by atoms with van der Waals surface area (Å²) in [4.78, 5) is 29.8. The van der Waals surface area contributed by atoms with E-state index in [0.29, 0.717) is 30.1 Å². The van der Waals surface area contributed by atoms with Crippen LogP contribution in [-0.2, 0) is 6.54 Å². The van der Waals surface area contributed by atoms with Crippen molar-refractivity contribution in [1.29, 1.82) is 0 Å². The molecule has 29 heavy (non-hydrogen) atoms. The topological polar surface area (TPSA) is 52.7 Å². The van der Waals surface area contributed by atoms with Gasteiger partial charge in [-0.3, -0.25) is 9.59 Å². The van der Waals surface area contributed by atoms with Gasteiger partial charge in [-0.15, -0.1) is 11.3 Å². The van der Waals surface area contributed by atoms with E-state index in [4.69, 9.17) is 0 Å². The first-order chi connectivity index (χ1) is 14.2. The monoisotopic (exact) mass is 405 g/mol. The fourth-order valence-corrected chi connectivity index (χ4v) is 4.07. The number of carbonyl (C=O) groups is 2. The molecule has 3 aromatic rings. The number of thiophene rings is 1. The van der Waals surface area contributed by atoms with Crippen molar-refractivity contribution in [2.75, 3.05) is 31.1 Å². The molecule has 0 radical (unpaired) electrons. The van der Waals surface area contributed by atoms with Gasteiger partial charge < -0.3 is 15.1 Å². The molecule has 0 spiro atoms. The second-order valence-electron chi connectivity index (χ2n) is 6.97. The quantitative estimate of drug-likeness (QED) is 0.705. The van der Waals surface area contributed by atoms with Gasteiger partial charge in [0.2, 0.25) is 0 Å². The van der Waals surface area contributed by atoms with Crippen molar-refractivity contribution in [3.05, 3.63) is 88.1 Å². The van der Waals surface area contributed by atoms with Crippen LogP contribution in [0.15, 0.2) is 72.1 Å². The van der Waals surface area contributed by atoms with Crippen molar-refractivity contribution in [3.63, 3.8) is 0 Å². The Morgan fingerprint density at radius 3 is 2.24 bits per heavy atom. The summed E-state index contributed by atoms with van der Waals surface area (Å²) in [7, 11) is 0. The number of rotatable bonds is 5. The van der Waals surface area contributed by atoms with Gasteiger partial charge in [0.1, 0.15) is 0 Å². The first-order valence-corrected chi connectivity index (χ1v) is 10.6. The molecule has 1 saturated heterocycles. The number of hydrogen-bond acceptors (Lipinski definition) is 4. The first kappa shape index (κ1) is 19.2. The van der Waals surface area contributed by atoms with E-state index in [9.17, 15) is 9.59 Å². The van der Waals surface area contributed by atoms with Crippen LogP contribution in [0.25, 0.3) is 0 Å². The molecule has 1 N–H and O–H groups in total. The molecule has 0 unspecified atom stereocenters. The highest BCUT2D eigenvalue weighted by molar-refractivity contribution is 7.12. The molecule has 5 nitrogen and oxygen atoms in total. The Labute approximate surface area is 174 Å². The Balaban J connectivity index is 1.30. The van der Waals surface area contributed by atoms with Crippen molar-refractivity contribution >= 4 is 28.8 Å². The molecule has 1 aromatic heterocycles. The van der Waals surface area contributed by atoms with Gasteiger partial charge in [-0.2, -0.15) is 0 Å². The van der Waals surface area contributed by atoms with E-state index >= 15 is 0 Å². The number of anilines is 1. The van der Waals surface area contributed by atoms with E-state index in [2.05, 4.69) is 22.3 Å². The molecule has 0 aliphatic carbocycles. The molecular formula is C23H23N3O2S. The number of nitrogens with one attached hydrogen (secondary N) is 1. The smallest absolute Gasteiger partial charge is 0.261 e. The molecule has 1 fully saturated rings. The lowest BCUT2D eigenvalue weighted by molar-refractivity contribution is 0.0746. The maximum Gasteiger partial charge on any atom is 0.261 e. The van der Waals surface area contributed by atoms with Gasteiger partial charge in [-0.05, 0) is 41.3 Å². The number of benzene rings is 2. The van der Waals surface area contributed by atoms with E-state index in [0.717, 1.165) is 18.7 Å². The van der Waals surface area contributed by atoms with Gasteiger partial charge in [-0.1, -0.05) is 36.4 Å². The van der Waals surface area contributed by atoms with Crippen molar-refractivity contribution in [1.82, 2.24) is 10.2 Å². The summed E-state index contributed by atoms with van der Waals surface area (Å²) >= 11 is 1.42. The van der Waals surface area contributed by atoms with Gasteiger partial charge in [0, 0.05) is 44.0 Å². The number of amides is 2. The molecule has 4 rings (SSSR count). The molecule has 2 heterocycles. The number of para-hydroxylation sites is 1. The summed E-state index contributed by atoms with van der Waals surface area (Å²) in [5.41, 5.74) is 2.86. The normalized spacial score (nSPS) is 13.9. The zero-order valence-corrected chi connectivity index (χ0v) is 16.9. The maximum absolute atomic E-state index is 12.8. The second kappa shape index (κ2) is 8.92. The Morgan fingerprint density at radius 2 is 1.59 bits per heavy atom. The van der Waals surface area contributed by atoms with E-state index in [1.165, 1.54) is 17.0 Å². The van der Waals surface area contributed by atoms with Crippen LogP contribution in [0.5, 0.6) is 0 Å². The van der Waals surface area contributed by atoms with Crippen LogP contribution in [0, 0.1) is 0 Å². The molecule has 1 aliphatic heterocycles. The number of nitrogens with zero attached hydrogens (tertiary/aromatic N) is 2. The van der Waals surface area contributed by atoms with Crippen LogP contribution >= 0.6 is 11.3 Å². The molecule has 0 saturated carbocycles. The van der Waals surface area contributed by atoms with Gasteiger partial charge in [0.15, 0.2) is 0 Å². The van der Waals surface area contributed by atoms with Crippen LogP contribution in [-0.4, -0.2) is 42.9 Å². The van der Waals surface area contributed by atoms with E-state index < -0.39 is 0 Å². The van der Waals surface area contributed by atoms with E-state index in [-0.39, 0.29) is 11.8 Å². The highest BCUT2D eigenvalue weighted by atomic mass is 32.1. The highest BCUT2D eigenvalue weighted by Gasteiger charge is 2.22. The predicted molar refractivity (Wildman–Crippen MR) is 116 cm³/mol. The lowest BCUT2D eigenvalue weighted by Gasteiger charge is -2.36. The Hall–Kier alpha value is -3.12. The SMILES string of the molecule is O=C(NCc1ccc(C(=O)N2CCN(c3ccccc3)CC2)cc1)c1cccs1. The molecule has 2 aromatic carbocycles. The minimum atomic E-state index is -0.0727. The first-order valence-electron chi connectivity index (χ1n) is 9.70. The molecule has 0 atom stereocenters. The summed E-state index contributed by atoms with van der Waals surface area (Å²) in [6.07, 6.45) is 0. The largest absolute Gasteiger partial charge is 0.368 e. The second-order valence-corrected chi connectivity index (χ2v) is 7.92. The van der Waals surface area contributed by atoms with Crippen molar-refractivity contribution in [2.24, 2.45) is 0 Å². The number of carbonyl (C=O) groups excluding carboxylic acids is 2. The van der Waals surface area contributed by atoms with Crippen LogP contribution in [0.1, 0.15) is 25.6 Å². The zero-order chi connectivity index (χ0) is 20.1. The van der Waals surface area contributed by atoms with Crippen molar-refractivity contribution < 1.29 is 9.59 Å². The maximum atomic E-state index is 12.8. The van der Waals surface area contributed by atoms with E-state index in [1.807, 2.05) is 58.8 Å². The minimum Gasteiger partial charge on any atom is -0.368 e. The fraction of sp³-hybridized carbons (Fsp3) is 0.217. The summed E-state index contributed by atoms with van der Waals surface area (Å²) in [5.74, 6) is -0.0108. The average Bonchev–Trinajstić information content (AvgIpc) is 3.33. The Bertz CT molecular complexity index is 948. The van der Waals surface area contributed by atoms with Gasteiger partial charge >= 0.3 is 0 Å². The molecule has 6 heteroatoms. The minimum absolute atomic E-state index is 0.0619. The third-order valence-electron chi connectivity index (χ3n) is 5.09. The van der Waals surface area contributed by atoms with Crippen LogP contribution < -0.4 is 10.2 Å². The summed E-state index contributed by atoms with van der Waals surface area (Å²) in [6, 6.07) is 21.5. The summed E-state index contributed by atoms with van der Waals surface area (Å²) < 4.78 is 0. The Kier molecular flexibility index (Phi) is 5.91.